The first kappa shape index (κ1) is 13.9. The van der Waals surface area contributed by atoms with E-state index < -0.39 is 10.0 Å². The molecule has 0 spiro atoms. The molecule has 2 heterocycles. The third-order valence-electron chi connectivity index (χ3n) is 3.50. The molecular weight excluding hydrogens is 342 g/mol. The Morgan fingerprint density at radius 3 is 2.85 bits per heavy atom. The molecule has 0 saturated carbocycles. The first-order valence-electron chi connectivity index (χ1n) is 6.28. The van der Waals surface area contributed by atoms with Crippen molar-refractivity contribution < 1.29 is 8.42 Å². The van der Waals surface area contributed by atoms with Gasteiger partial charge < -0.3 is 5.73 Å². The average molecular weight is 356 g/mol. The van der Waals surface area contributed by atoms with Gasteiger partial charge in [0.05, 0.1) is 4.90 Å². The zero-order valence-electron chi connectivity index (χ0n) is 10.7. The number of nitrogens with two attached hydrogens (primary N) is 1. The second-order valence-electron chi connectivity index (χ2n) is 4.89. The highest BCUT2D eigenvalue weighted by Crippen LogP contribution is 2.31. The van der Waals surface area contributed by atoms with E-state index in [0.29, 0.717) is 34.3 Å². The summed E-state index contributed by atoms with van der Waals surface area (Å²) in [5, 5.41) is 1.46. The molecule has 0 radical (unpaired) electrons. The Kier molecular flexibility index (Phi) is 3.53. The number of sulfonamides is 1. The fourth-order valence-corrected chi connectivity index (χ4v) is 4.93. The van der Waals surface area contributed by atoms with E-state index in [1.165, 1.54) is 4.31 Å². The summed E-state index contributed by atoms with van der Waals surface area (Å²) in [5.41, 5.74) is 5.82. The molecule has 1 aliphatic heterocycles. The highest BCUT2D eigenvalue weighted by molar-refractivity contribution is 9.10. The maximum Gasteiger partial charge on any atom is 0.243 e. The standard InChI is InChI=1S/C13H14BrN3O2S/c14-11-7-16-6-9-2-1-3-12(13(9)11)20(18,19)17-5-4-10(15)8-17/h1-3,6-7,10H,4-5,8,15H2/t10-/m0/s1. The van der Waals surface area contributed by atoms with Gasteiger partial charge in [0, 0.05) is 46.8 Å². The Bertz CT molecular complexity index is 758. The summed E-state index contributed by atoms with van der Waals surface area (Å²) in [6.07, 6.45) is 3.97. The van der Waals surface area contributed by atoms with Crippen molar-refractivity contribution in [1.29, 1.82) is 0 Å². The van der Waals surface area contributed by atoms with Gasteiger partial charge in [0.25, 0.3) is 0 Å². The molecule has 1 saturated heterocycles. The van der Waals surface area contributed by atoms with E-state index >= 15 is 0 Å². The van der Waals surface area contributed by atoms with Crippen LogP contribution in [0.2, 0.25) is 0 Å². The Morgan fingerprint density at radius 2 is 2.15 bits per heavy atom. The Hall–Kier alpha value is -1.02. The van der Waals surface area contributed by atoms with Crippen molar-refractivity contribution in [2.75, 3.05) is 13.1 Å². The number of fused-ring (bicyclic) bond motifs is 1. The minimum Gasteiger partial charge on any atom is -0.326 e. The van der Waals surface area contributed by atoms with Gasteiger partial charge in [-0.15, -0.1) is 0 Å². The number of nitrogens with zero attached hydrogens (tertiary/aromatic N) is 2. The van der Waals surface area contributed by atoms with Crippen LogP contribution in [0.15, 0.2) is 40.0 Å². The van der Waals surface area contributed by atoms with E-state index in [0.717, 1.165) is 5.39 Å². The van der Waals surface area contributed by atoms with Crippen LogP contribution in [0.4, 0.5) is 0 Å². The van der Waals surface area contributed by atoms with Gasteiger partial charge >= 0.3 is 0 Å². The molecule has 0 unspecified atom stereocenters. The van der Waals surface area contributed by atoms with Gasteiger partial charge in [-0.05, 0) is 28.4 Å². The predicted molar refractivity (Wildman–Crippen MR) is 80.8 cm³/mol. The number of halogens is 1. The fraction of sp³-hybridized carbons (Fsp3) is 0.308. The summed E-state index contributed by atoms with van der Waals surface area (Å²) in [5.74, 6) is 0. The van der Waals surface area contributed by atoms with Gasteiger partial charge in [0.15, 0.2) is 0 Å². The van der Waals surface area contributed by atoms with Crippen molar-refractivity contribution in [3.63, 3.8) is 0 Å². The van der Waals surface area contributed by atoms with E-state index in [1.54, 1.807) is 24.5 Å². The highest BCUT2D eigenvalue weighted by Gasteiger charge is 2.32. The van der Waals surface area contributed by atoms with E-state index in [2.05, 4.69) is 20.9 Å². The lowest BCUT2D eigenvalue weighted by Crippen LogP contribution is -2.32. The molecule has 1 aromatic carbocycles. The minimum absolute atomic E-state index is 0.0788. The van der Waals surface area contributed by atoms with Crippen LogP contribution in [0.25, 0.3) is 10.8 Å². The lowest BCUT2D eigenvalue weighted by atomic mass is 10.2. The SMILES string of the molecule is N[C@H]1CCN(S(=O)(=O)c2cccc3cncc(Br)c23)C1. The number of hydrogen-bond acceptors (Lipinski definition) is 4. The predicted octanol–water partition coefficient (Wildman–Crippen LogP) is 1.72. The molecule has 106 valence electrons. The Morgan fingerprint density at radius 1 is 1.35 bits per heavy atom. The topological polar surface area (TPSA) is 76.3 Å². The van der Waals surface area contributed by atoms with Crippen LogP contribution in [-0.2, 0) is 10.0 Å². The summed E-state index contributed by atoms with van der Waals surface area (Å²) in [7, 11) is -3.53. The molecule has 3 rings (SSSR count). The van der Waals surface area contributed by atoms with E-state index in [4.69, 9.17) is 5.73 Å². The van der Waals surface area contributed by atoms with Gasteiger partial charge in [-0.1, -0.05) is 12.1 Å². The summed E-state index contributed by atoms with van der Waals surface area (Å²) < 4.78 is 27.7. The third-order valence-corrected chi connectivity index (χ3v) is 6.01. The summed E-state index contributed by atoms with van der Waals surface area (Å²) in [6, 6.07) is 5.14. The van der Waals surface area contributed by atoms with Gasteiger partial charge in [-0.2, -0.15) is 4.31 Å². The molecule has 1 atom stereocenters. The monoisotopic (exact) mass is 355 g/mol. The molecule has 20 heavy (non-hydrogen) atoms. The van der Waals surface area contributed by atoms with Gasteiger partial charge in [-0.25, -0.2) is 8.42 Å². The summed E-state index contributed by atoms with van der Waals surface area (Å²) in [6.45, 7) is 0.851. The van der Waals surface area contributed by atoms with Crippen molar-refractivity contribution in [2.45, 2.75) is 17.4 Å². The molecule has 2 N–H and O–H groups in total. The molecular formula is C13H14BrN3O2S. The van der Waals surface area contributed by atoms with Crippen LogP contribution in [0.5, 0.6) is 0 Å². The zero-order chi connectivity index (χ0) is 14.3. The molecule has 0 bridgehead atoms. The third kappa shape index (κ3) is 2.24. The van der Waals surface area contributed by atoms with E-state index in [-0.39, 0.29) is 6.04 Å². The van der Waals surface area contributed by atoms with Crippen LogP contribution in [-0.4, -0.2) is 36.8 Å². The number of hydrogen-bond donors (Lipinski definition) is 1. The van der Waals surface area contributed by atoms with Gasteiger partial charge in [0.1, 0.15) is 0 Å². The molecule has 5 nitrogen and oxygen atoms in total. The quantitative estimate of drug-likeness (QED) is 0.889. The maximum atomic E-state index is 12.8. The van der Waals surface area contributed by atoms with Gasteiger partial charge in [0.2, 0.25) is 10.0 Å². The molecule has 0 amide bonds. The number of benzene rings is 1. The van der Waals surface area contributed by atoms with Crippen molar-refractivity contribution in [1.82, 2.24) is 9.29 Å². The molecule has 1 fully saturated rings. The lowest BCUT2D eigenvalue weighted by Gasteiger charge is -2.17. The molecule has 0 aliphatic carbocycles. The van der Waals surface area contributed by atoms with E-state index in [9.17, 15) is 8.42 Å². The second-order valence-corrected chi connectivity index (χ2v) is 7.65. The first-order chi connectivity index (χ1) is 9.50. The smallest absolute Gasteiger partial charge is 0.243 e. The summed E-state index contributed by atoms with van der Waals surface area (Å²) in [4.78, 5) is 4.37. The van der Waals surface area contributed by atoms with Crippen LogP contribution >= 0.6 is 15.9 Å². The molecule has 2 aromatic rings. The number of rotatable bonds is 2. The minimum atomic E-state index is -3.53. The highest BCUT2D eigenvalue weighted by atomic mass is 79.9. The van der Waals surface area contributed by atoms with Crippen LogP contribution in [0.3, 0.4) is 0 Å². The molecule has 7 heteroatoms. The number of aromatic nitrogens is 1. The molecule has 1 aliphatic rings. The first-order valence-corrected chi connectivity index (χ1v) is 8.51. The van der Waals surface area contributed by atoms with Crippen LogP contribution in [0, 0.1) is 0 Å². The van der Waals surface area contributed by atoms with Crippen molar-refractivity contribution in [3.8, 4) is 0 Å². The second kappa shape index (κ2) is 5.07. The van der Waals surface area contributed by atoms with Crippen molar-refractivity contribution in [3.05, 3.63) is 35.1 Å². The van der Waals surface area contributed by atoms with E-state index in [1.807, 2.05) is 6.07 Å². The normalized spacial score (nSPS) is 20.6. The van der Waals surface area contributed by atoms with Gasteiger partial charge in [-0.3, -0.25) is 4.98 Å². The van der Waals surface area contributed by atoms with Crippen molar-refractivity contribution in [2.24, 2.45) is 5.73 Å². The largest absolute Gasteiger partial charge is 0.326 e. The summed E-state index contributed by atoms with van der Waals surface area (Å²) >= 11 is 3.39. The Balaban J connectivity index is 2.19. The average Bonchev–Trinajstić information content (AvgIpc) is 2.86. The zero-order valence-corrected chi connectivity index (χ0v) is 13.1. The van der Waals surface area contributed by atoms with Crippen molar-refractivity contribution >= 4 is 36.7 Å². The fourth-order valence-electron chi connectivity index (χ4n) is 2.49. The van der Waals surface area contributed by atoms with Crippen LogP contribution in [0.1, 0.15) is 6.42 Å². The Labute approximate surface area is 126 Å². The number of pyridine rings is 1. The molecule has 1 aromatic heterocycles. The van der Waals surface area contributed by atoms with Crippen LogP contribution < -0.4 is 5.73 Å². The lowest BCUT2D eigenvalue weighted by molar-refractivity contribution is 0.473. The maximum absolute atomic E-state index is 12.8.